The second-order valence-corrected chi connectivity index (χ2v) is 7.23. The third-order valence-corrected chi connectivity index (χ3v) is 4.63. The number of carbonyl (C=O) groups is 3. The van der Waals surface area contributed by atoms with Crippen LogP contribution in [0.5, 0.6) is 0 Å². The highest BCUT2D eigenvalue weighted by Gasteiger charge is 2.35. The number of primary amides is 1. The zero-order valence-electron chi connectivity index (χ0n) is 15.3. The summed E-state index contributed by atoms with van der Waals surface area (Å²) in [7, 11) is 0. The molecule has 3 rings (SSSR count). The number of amides is 3. The molecule has 150 valence electrons. The van der Waals surface area contributed by atoms with Crippen LogP contribution in [0.1, 0.15) is 13.3 Å². The molecule has 0 spiro atoms. The highest BCUT2D eigenvalue weighted by Crippen LogP contribution is 2.28. The van der Waals surface area contributed by atoms with Crippen LogP contribution >= 0.6 is 15.9 Å². The number of hydrazone groups is 1. The van der Waals surface area contributed by atoms with Crippen LogP contribution in [-0.2, 0) is 14.4 Å². The van der Waals surface area contributed by atoms with Gasteiger partial charge in [-0.25, -0.2) is 4.39 Å². The number of nitrogens with zero attached hydrogens (tertiary/aromatic N) is 2. The van der Waals surface area contributed by atoms with Crippen molar-refractivity contribution >= 4 is 56.4 Å². The van der Waals surface area contributed by atoms with Gasteiger partial charge in [0.05, 0.1) is 17.1 Å². The van der Waals surface area contributed by atoms with E-state index in [2.05, 4.69) is 31.7 Å². The van der Waals surface area contributed by atoms with Gasteiger partial charge < -0.3 is 16.4 Å². The van der Waals surface area contributed by atoms with Gasteiger partial charge in [-0.05, 0) is 42.5 Å². The van der Waals surface area contributed by atoms with Gasteiger partial charge in [-0.3, -0.25) is 19.4 Å². The summed E-state index contributed by atoms with van der Waals surface area (Å²) in [5.74, 6) is -1.95. The Morgan fingerprint density at radius 2 is 1.83 bits per heavy atom. The van der Waals surface area contributed by atoms with Crippen LogP contribution in [0.2, 0.25) is 0 Å². The zero-order valence-corrected chi connectivity index (χ0v) is 16.9. The largest absolute Gasteiger partial charge is 0.368 e. The van der Waals surface area contributed by atoms with Crippen molar-refractivity contribution < 1.29 is 18.8 Å². The van der Waals surface area contributed by atoms with E-state index in [-0.39, 0.29) is 18.0 Å². The molecule has 8 nitrogen and oxygen atoms in total. The first-order valence-corrected chi connectivity index (χ1v) is 9.34. The number of nitrogens with one attached hydrogen (secondary N) is 2. The highest BCUT2D eigenvalue weighted by atomic mass is 79.9. The van der Waals surface area contributed by atoms with Crippen molar-refractivity contribution in [3.63, 3.8) is 0 Å². The van der Waals surface area contributed by atoms with Crippen molar-refractivity contribution in [2.45, 2.75) is 19.4 Å². The number of nitrogens with two attached hydrogens (primary N) is 1. The second kappa shape index (κ2) is 8.39. The minimum Gasteiger partial charge on any atom is -0.368 e. The summed E-state index contributed by atoms with van der Waals surface area (Å²) in [5, 5.41) is 10.8. The summed E-state index contributed by atoms with van der Waals surface area (Å²) in [5.41, 5.74) is 6.73. The number of carbonyl (C=O) groups excluding carboxylic acids is 3. The number of anilines is 3. The molecule has 1 heterocycles. The SMILES string of the molecule is CC(=O)Nc1ccc(Br)cc1NC(=O)C1=NN(c2ccc(F)cc2)C(C(N)=O)C1. The number of hydrogen-bond acceptors (Lipinski definition) is 5. The fourth-order valence-electron chi connectivity index (χ4n) is 2.81. The molecule has 1 unspecified atom stereocenters. The summed E-state index contributed by atoms with van der Waals surface area (Å²) in [6.07, 6.45) is -0.0119. The standard InChI is InChI=1S/C19H17BrFN5O3/c1-10(27)23-14-7-2-11(20)8-15(14)24-19(29)16-9-17(18(22)28)26(25-16)13-5-3-12(21)4-6-13/h2-8,17H,9H2,1H3,(H2,22,28)(H,23,27)(H,24,29). The summed E-state index contributed by atoms with van der Waals surface area (Å²) in [4.78, 5) is 36.0. The molecule has 0 saturated heterocycles. The van der Waals surface area contributed by atoms with Gasteiger partial charge in [0, 0.05) is 17.8 Å². The van der Waals surface area contributed by atoms with E-state index in [1.165, 1.54) is 36.2 Å². The van der Waals surface area contributed by atoms with Crippen molar-refractivity contribution in [2.75, 3.05) is 15.6 Å². The van der Waals surface area contributed by atoms with Crippen molar-refractivity contribution in [1.29, 1.82) is 0 Å². The molecular weight excluding hydrogens is 445 g/mol. The molecule has 0 saturated carbocycles. The van der Waals surface area contributed by atoms with Crippen LogP contribution in [0.15, 0.2) is 52.0 Å². The van der Waals surface area contributed by atoms with Gasteiger partial charge in [0.25, 0.3) is 5.91 Å². The molecule has 2 aromatic rings. The lowest BCUT2D eigenvalue weighted by Gasteiger charge is -2.20. The minimum atomic E-state index is -0.876. The monoisotopic (exact) mass is 461 g/mol. The summed E-state index contributed by atoms with van der Waals surface area (Å²) in [6.45, 7) is 1.35. The number of rotatable bonds is 5. The van der Waals surface area contributed by atoms with Gasteiger partial charge >= 0.3 is 0 Å². The van der Waals surface area contributed by atoms with Gasteiger partial charge in [-0.2, -0.15) is 5.10 Å². The maximum absolute atomic E-state index is 13.2. The average Bonchev–Trinajstić information content (AvgIpc) is 3.10. The Morgan fingerprint density at radius 1 is 1.14 bits per heavy atom. The second-order valence-electron chi connectivity index (χ2n) is 6.32. The zero-order chi connectivity index (χ0) is 21.1. The van der Waals surface area contributed by atoms with E-state index in [1.807, 2.05) is 0 Å². The minimum absolute atomic E-state index is 0.0119. The molecule has 1 aliphatic rings. The molecule has 3 amide bonds. The molecule has 0 aliphatic carbocycles. The highest BCUT2D eigenvalue weighted by molar-refractivity contribution is 9.10. The van der Waals surface area contributed by atoms with E-state index in [9.17, 15) is 18.8 Å². The van der Waals surface area contributed by atoms with E-state index in [0.29, 0.717) is 21.5 Å². The van der Waals surface area contributed by atoms with Gasteiger partial charge in [0.2, 0.25) is 11.8 Å². The lowest BCUT2D eigenvalue weighted by molar-refractivity contribution is -0.119. The fraction of sp³-hybridized carbons (Fsp3) is 0.158. The van der Waals surface area contributed by atoms with E-state index < -0.39 is 23.7 Å². The van der Waals surface area contributed by atoms with Crippen molar-refractivity contribution in [1.82, 2.24) is 0 Å². The molecule has 0 fully saturated rings. The maximum Gasteiger partial charge on any atom is 0.272 e. The first-order chi connectivity index (χ1) is 13.7. The molecule has 1 aliphatic heterocycles. The van der Waals surface area contributed by atoms with Gasteiger partial charge in [-0.15, -0.1) is 0 Å². The van der Waals surface area contributed by atoms with E-state index in [4.69, 9.17) is 5.73 Å². The smallest absolute Gasteiger partial charge is 0.272 e. The Balaban J connectivity index is 1.86. The van der Waals surface area contributed by atoms with Crippen LogP contribution in [0.4, 0.5) is 21.5 Å². The molecule has 4 N–H and O–H groups in total. The summed E-state index contributed by atoms with van der Waals surface area (Å²) < 4.78 is 13.9. The third-order valence-electron chi connectivity index (χ3n) is 4.13. The first kappa shape index (κ1) is 20.5. The molecule has 0 aromatic heterocycles. The van der Waals surface area contributed by atoms with E-state index in [0.717, 1.165) is 0 Å². The third kappa shape index (κ3) is 4.77. The average molecular weight is 462 g/mol. The molecule has 1 atom stereocenters. The quantitative estimate of drug-likeness (QED) is 0.634. The van der Waals surface area contributed by atoms with Crippen LogP contribution < -0.4 is 21.4 Å². The first-order valence-electron chi connectivity index (χ1n) is 8.54. The predicted octanol–water partition coefficient (Wildman–Crippen LogP) is 2.61. The van der Waals surface area contributed by atoms with Crippen molar-refractivity contribution in [2.24, 2.45) is 10.8 Å². The van der Waals surface area contributed by atoms with Crippen LogP contribution in [0.3, 0.4) is 0 Å². The lowest BCUT2D eigenvalue weighted by atomic mass is 10.1. The number of hydrogen-bond donors (Lipinski definition) is 3. The molecule has 10 heteroatoms. The summed E-state index contributed by atoms with van der Waals surface area (Å²) >= 11 is 3.32. The van der Waals surface area contributed by atoms with Crippen molar-refractivity contribution in [3.05, 3.63) is 52.8 Å². The Labute approximate surface area is 174 Å². The number of halogens is 2. The molecule has 2 aromatic carbocycles. The summed E-state index contributed by atoms with van der Waals surface area (Å²) in [6, 6.07) is 9.44. The maximum atomic E-state index is 13.2. The predicted molar refractivity (Wildman–Crippen MR) is 111 cm³/mol. The molecule has 0 radical (unpaired) electrons. The van der Waals surface area contributed by atoms with Crippen LogP contribution in [0, 0.1) is 5.82 Å². The topological polar surface area (TPSA) is 117 Å². The Morgan fingerprint density at radius 3 is 2.45 bits per heavy atom. The molecular formula is C19H17BrFN5O3. The molecule has 29 heavy (non-hydrogen) atoms. The van der Waals surface area contributed by atoms with Crippen LogP contribution in [-0.4, -0.2) is 29.5 Å². The molecule has 0 bridgehead atoms. The number of benzene rings is 2. The van der Waals surface area contributed by atoms with Gasteiger partial charge in [0.1, 0.15) is 17.6 Å². The Hall–Kier alpha value is -3.27. The Kier molecular flexibility index (Phi) is 5.92. The Bertz CT molecular complexity index is 1010. The van der Waals surface area contributed by atoms with E-state index >= 15 is 0 Å². The van der Waals surface area contributed by atoms with Gasteiger partial charge in [0.15, 0.2) is 0 Å². The van der Waals surface area contributed by atoms with Crippen LogP contribution in [0.25, 0.3) is 0 Å². The normalized spacial score (nSPS) is 15.6. The van der Waals surface area contributed by atoms with E-state index in [1.54, 1.807) is 18.2 Å². The lowest BCUT2D eigenvalue weighted by Crippen LogP contribution is -2.39. The van der Waals surface area contributed by atoms with Crippen molar-refractivity contribution in [3.8, 4) is 0 Å². The fourth-order valence-corrected chi connectivity index (χ4v) is 3.17. The van der Waals surface area contributed by atoms with Gasteiger partial charge in [-0.1, -0.05) is 15.9 Å².